The summed E-state index contributed by atoms with van der Waals surface area (Å²) < 4.78 is 13.5. The molecule has 0 unspecified atom stereocenters. The number of thioether (sulfide) groups is 1. The molecule has 1 aromatic heterocycles. The lowest BCUT2D eigenvalue weighted by Crippen LogP contribution is -2.15. The van der Waals surface area contributed by atoms with Crippen molar-refractivity contribution in [2.24, 2.45) is 0 Å². The SMILES string of the molecule is Cc1nc(SCC(=O)Nc2ccccc2F)nc2c1CCC2. The van der Waals surface area contributed by atoms with Crippen LogP contribution in [-0.2, 0) is 17.6 Å². The molecule has 0 bridgehead atoms. The molecule has 1 N–H and O–H groups in total. The number of hydrogen-bond acceptors (Lipinski definition) is 4. The molecular formula is C16H16FN3OS. The third kappa shape index (κ3) is 3.27. The lowest BCUT2D eigenvalue weighted by molar-refractivity contribution is -0.113. The fourth-order valence-corrected chi connectivity index (χ4v) is 3.24. The van der Waals surface area contributed by atoms with Crippen molar-refractivity contribution >= 4 is 23.4 Å². The van der Waals surface area contributed by atoms with Gasteiger partial charge in [0.1, 0.15) is 5.82 Å². The van der Waals surface area contributed by atoms with Crippen LogP contribution >= 0.6 is 11.8 Å². The maximum atomic E-state index is 13.5. The predicted octanol–water partition coefficient (Wildman–Crippen LogP) is 3.14. The predicted molar refractivity (Wildman–Crippen MR) is 84.5 cm³/mol. The lowest BCUT2D eigenvalue weighted by Gasteiger charge is -2.07. The fourth-order valence-electron chi connectivity index (χ4n) is 2.54. The third-order valence-corrected chi connectivity index (χ3v) is 4.45. The summed E-state index contributed by atoms with van der Waals surface area (Å²) >= 11 is 1.28. The Hall–Kier alpha value is -1.95. The molecule has 0 radical (unpaired) electrons. The van der Waals surface area contributed by atoms with Gasteiger partial charge in [0.05, 0.1) is 11.4 Å². The van der Waals surface area contributed by atoms with E-state index < -0.39 is 5.82 Å². The number of amides is 1. The minimum atomic E-state index is -0.439. The first kappa shape index (κ1) is 15.0. The van der Waals surface area contributed by atoms with Gasteiger partial charge < -0.3 is 5.32 Å². The zero-order chi connectivity index (χ0) is 15.5. The van der Waals surface area contributed by atoms with Gasteiger partial charge in [0, 0.05) is 11.4 Å². The fraction of sp³-hybridized carbons (Fsp3) is 0.312. The summed E-state index contributed by atoms with van der Waals surface area (Å²) in [5.74, 6) is -0.547. The minimum absolute atomic E-state index is 0.159. The molecule has 1 aromatic carbocycles. The number of nitrogens with one attached hydrogen (secondary N) is 1. The van der Waals surface area contributed by atoms with E-state index in [1.165, 1.54) is 29.5 Å². The van der Waals surface area contributed by atoms with Crippen LogP contribution in [0.25, 0.3) is 0 Å². The summed E-state index contributed by atoms with van der Waals surface area (Å²) in [6, 6.07) is 6.11. The molecule has 1 aliphatic carbocycles. The van der Waals surface area contributed by atoms with Crippen molar-refractivity contribution in [3.05, 3.63) is 47.0 Å². The molecule has 22 heavy (non-hydrogen) atoms. The first-order valence-corrected chi connectivity index (χ1v) is 8.15. The van der Waals surface area contributed by atoms with Crippen molar-refractivity contribution in [2.75, 3.05) is 11.1 Å². The number of anilines is 1. The highest BCUT2D eigenvalue weighted by Crippen LogP contribution is 2.25. The molecule has 0 fully saturated rings. The normalized spacial score (nSPS) is 13.0. The van der Waals surface area contributed by atoms with Crippen molar-refractivity contribution in [3.63, 3.8) is 0 Å². The maximum Gasteiger partial charge on any atom is 0.234 e. The van der Waals surface area contributed by atoms with Crippen molar-refractivity contribution in [3.8, 4) is 0 Å². The number of fused-ring (bicyclic) bond motifs is 1. The Labute approximate surface area is 132 Å². The Morgan fingerprint density at radius 2 is 2.14 bits per heavy atom. The van der Waals surface area contributed by atoms with Crippen LogP contribution in [0.2, 0.25) is 0 Å². The molecule has 0 aliphatic heterocycles. The van der Waals surface area contributed by atoms with Gasteiger partial charge in [-0.15, -0.1) is 0 Å². The van der Waals surface area contributed by atoms with Gasteiger partial charge in [0.2, 0.25) is 5.91 Å². The topological polar surface area (TPSA) is 54.9 Å². The lowest BCUT2D eigenvalue weighted by atomic mass is 10.2. The van der Waals surface area contributed by atoms with Gasteiger partial charge in [-0.2, -0.15) is 0 Å². The van der Waals surface area contributed by atoms with E-state index in [4.69, 9.17) is 0 Å². The molecule has 0 spiro atoms. The summed E-state index contributed by atoms with van der Waals surface area (Å²) in [6.45, 7) is 1.98. The van der Waals surface area contributed by atoms with Crippen LogP contribution in [-0.4, -0.2) is 21.6 Å². The molecule has 0 saturated carbocycles. The van der Waals surface area contributed by atoms with Crippen LogP contribution in [0.15, 0.2) is 29.4 Å². The highest BCUT2D eigenvalue weighted by molar-refractivity contribution is 7.99. The highest BCUT2D eigenvalue weighted by Gasteiger charge is 2.17. The monoisotopic (exact) mass is 317 g/mol. The number of benzene rings is 1. The number of carbonyl (C=O) groups excluding carboxylic acids is 1. The Bertz CT molecular complexity index is 721. The Kier molecular flexibility index (Phi) is 4.38. The Morgan fingerprint density at radius 1 is 1.32 bits per heavy atom. The molecule has 1 amide bonds. The molecule has 6 heteroatoms. The Balaban J connectivity index is 1.62. The van der Waals surface area contributed by atoms with E-state index in [0.29, 0.717) is 5.16 Å². The van der Waals surface area contributed by atoms with E-state index in [1.807, 2.05) is 6.92 Å². The minimum Gasteiger partial charge on any atom is -0.323 e. The second-order valence-corrected chi connectivity index (χ2v) is 6.13. The molecule has 3 rings (SSSR count). The van der Waals surface area contributed by atoms with Crippen molar-refractivity contribution in [2.45, 2.75) is 31.3 Å². The number of hydrogen-bond donors (Lipinski definition) is 1. The van der Waals surface area contributed by atoms with Gasteiger partial charge in [-0.3, -0.25) is 4.79 Å². The second-order valence-electron chi connectivity index (χ2n) is 5.19. The number of para-hydroxylation sites is 1. The maximum absolute atomic E-state index is 13.5. The van der Waals surface area contributed by atoms with Crippen LogP contribution in [0.4, 0.5) is 10.1 Å². The zero-order valence-corrected chi connectivity index (χ0v) is 13.0. The smallest absolute Gasteiger partial charge is 0.234 e. The van der Waals surface area contributed by atoms with Crippen LogP contribution < -0.4 is 5.32 Å². The number of carbonyl (C=O) groups is 1. The van der Waals surface area contributed by atoms with Crippen molar-refractivity contribution in [1.82, 2.24) is 9.97 Å². The molecule has 1 aliphatic rings. The van der Waals surface area contributed by atoms with E-state index in [2.05, 4.69) is 15.3 Å². The van der Waals surface area contributed by atoms with E-state index in [-0.39, 0.29) is 17.3 Å². The summed E-state index contributed by atoms with van der Waals surface area (Å²) in [5, 5.41) is 3.17. The number of aryl methyl sites for hydroxylation is 2. The molecule has 0 atom stereocenters. The van der Waals surface area contributed by atoms with E-state index >= 15 is 0 Å². The molecule has 4 nitrogen and oxygen atoms in total. The quantitative estimate of drug-likeness (QED) is 0.695. The van der Waals surface area contributed by atoms with Crippen LogP contribution in [0, 0.1) is 12.7 Å². The molecule has 114 valence electrons. The summed E-state index contributed by atoms with van der Waals surface area (Å²) in [6.07, 6.45) is 3.14. The van der Waals surface area contributed by atoms with Gasteiger partial charge in [0.25, 0.3) is 0 Å². The van der Waals surface area contributed by atoms with E-state index in [1.54, 1.807) is 12.1 Å². The van der Waals surface area contributed by atoms with E-state index in [0.717, 1.165) is 30.7 Å². The molecule has 1 heterocycles. The van der Waals surface area contributed by atoms with Crippen LogP contribution in [0.1, 0.15) is 23.4 Å². The largest absolute Gasteiger partial charge is 0.323 e. The van der Waals surface area contributed by atoms with Gasteiger partial charge in [-0.1, -0.05) is 23.9 Å². The molecule has 0 saturated heterocycles. The average Bonchev–Trinajstić information content (AvgIpc) is 2.97. The number of aromatic nitrogens is 2. The van der Waals surface area contributed by atoms with Gasteiger partial charge in [-0.25, -0.2) is 14.4 Å². The van der Waals surface area contributed by atoms with Crippen molar-refractivity contribution in [1.29, 1.82) is 0 Å². The van der Waals surface area contributed by atoms with E-state index in [9.17, 15) is 9.18 Å². The van der Waals surface area contributed by atoms with Crippen molar-refractivity contribution < 1.29 is 9.18 Å². The van der Waals surface area contributed by atoms with Crippen LogP contribution in [0.5, 0.6) is 0 Å². The number of halogens is 1. The summed E-state index contributed by atoms with van der Waals surface area (Å²) in [5.41, 5.74) is 3.54. The number of nitrogens with zero attached hydrogens (tertiary/aromatic N) is 2. The third-order valence-electron chi connectivity index (χ3n) is 3.60. The highest BCUT2D eigenvalue weighted by atomic mass is 32.2. The zero-order valence-electron chi connectivity index (χ0n) is 12.2. The standard InChI is InChI=1S/C16H16FN3OS/c1-10-11-5-4-8-13(11)20-16(18-10)22-9-15(21)19-14-7-3-2-6-12(14)17/h2-3,6-7H,4-5,8-9H2,1H3,(H,19,21). The number of rotatable bonds is 4. The van der Waals surface area contributed by atoms with Crippen LogP contribution in [0.3, 0.4) is 0 Å². The molecule has 2 aromatic rings. The average molecular weight is 317 g/mol. The summed E-state index contributed by atoms with van der Waals surface area (Å²) in [4.78, 5) is 20.9. The summed E-state index contributed by atoms with van der Waals surface area (Å²) in [7, 11) is 0. The first-order valence-electron chi connectivity index (χ1n) is 7.17. The van der Waals surface area contributed by atoms with Gasteiger partial charge in [0.15, 0.2) is 5.16 Å². The Morgan fingerprint density at radius 3 is 2.95 bits per heavy atom. The first-order chi connectivity index (χ1) is 10.6. The molecular weight excluding hydrogens is 301 g/mol. The second kappa shape index (κ2) is 6.44. The van der Waals surface area contributed by atoms with Gasteiger partial charge in [-0.05, 0) is 43.9 Å². The van der Waals surface area contributed by atoms with Gasteiger partial charge >= 0.3 is 0 Å².